The van der Waals surface area contributed by atoms with E-state index in [-0.39, 0.29) is 24.8 Å². The third-order valence-electron chi connectivity index (χ3n) is 4.53. The average Bonchev–Trinajstić information content (AvgIpc) is 2.63. The molecule has 0 saturated carbocycles. The molecule has 0 aliphatic heterocycles. The molecule has 6 heteroatoms. The Hall–Kier alpha value is -2.01. The molecule has 0 bridgehead atoms. The SMILES string of the molecule is COc1ccc(Cl)cc1N(CCC(=O)NCCC1=CCCCC1)C(C)=O. The van der Waals surface area contributed by atoms with Crippen LogP contribution in [0.2, 0.25) is 5.02 Å². The molecule has 5 nitrogen and oxygen atoms in total. The van der Waals surface area contributed by atoms with Crippen molar-refractivity contribution in [2.45, 2.75) is 45.4 Å². The Morgan fingerprint density at radius 1 is 1.31 bits per heavy atom. The highest BCUT2D eigenvalue weighted by atomic mass is 35.5. The van der Waals surface area contributed by atoms with Crippen LogP contribution >= 0.6 is 11.6 Å². The number of allylic oxidation sites excluding steroid dienone is 1. The van der Waals surface area contributed by atoms with Crippen molar-refractivity contribution in [3.05, 3.63) is 34.9 Å². The Balaban J connectivity index is 1.88. The summed E-state index contributed by atoms with van der Waals surface area (Å²) in [5, 5.41) is 3.45. The number of ether oxygens (including phenoxy) is 1. The molecule has 0 heterocycles. The maximum Gasteiger partial charge on any atom is 0.223 e. The first kappa shape index (κ1) is 20.3. The van der Waals surface area contributed by atoms with Crippen molar-refractivity contribution in [1.29, 1.82) is 0 Å². The van der Waals surface area contributed by atoms with Gasteiger partial charge in [0.2, 0.25) is 11.8 Å². The van der Waals surface area contributed by atoms with Gasteiger partial charge in [0.1, 0.15) is 5.75 Å². The fourth-order valence-electron chi connectivity index (χ4n) is 3.12. The number of hydrogen-bond donors (Lipinski definition) is 1. The van der Waals surface area contributed by atoms with E-state index in [2.05, 4.69) is 11.4 Å². The van der Waals surface area contributed by atoms with Crippen LogP contribution in [0.3, 0.4) is 0 Å². The Morgan fingerprint density at radius 3 is 2.77 bits per heavy atom. The summed E-state index contributed by atoms with van der Waals surface area (Å²) in [6, 6.07) is 5.09. The van der Waals surface area contributed by atoms with Gasteiger partial charge in [0, 0.05) is 31.5 Å². The molecule has 0 fully saturated rings. The van der Waals surface area contributed by atoms with Crippen molar-refractivity contribution in [3.8, 4) is 5.75 Å². The summed E-state index contributed by atoms with van der Waals surface area (Å²) in [5.74, 6) is 0.327. The minimum absolute atomic E-state index is 0.0614. The molecule has 142 valence electrons. The summed E-state index contributed by atoms with van der Waals surface area (Å²) in [5.41, 5.74) is 2.01. The first-order chi connectivity index (χ1) is 12.5. The van der Waals surface area contributed by atoms with Gasteiger partial charge in [0.05, 0.1) is 12.8 Å². The number of rotatable bonds is 8. The highest BCUT2D eigenvalue weighted by molar-refractivity contribution is 6.31. The van der Waals surface area contributed by atoms with Crippen molar-refractivity contribution in [3.63, 3.8) is 0 Å². The van der Waals surface area contributed by atoms with E-state index in [1.54, 1.807) is 18.2 Å². The predicted octanol–water partition coefficient (Wildman–Crippen LogP) is 4.10. The number of amides is 2. The molecule has 0 spiro atoms. The zero-order chi connectivity index (χ0) is 18.9. The lowest BCUT2D eigenvalue weighted by atomic mass is 9.97. The van der Waals surface area contributed by atoms with Crippen LogP contribution in [0.4, 0.5) is 5.69 Å². The van der Waals surface area contributed by atoms with Crippen LogP contribution in [0.15, 0.2) is 29.8 Å². The molecule has 0 aromatic heterocycles. The topological polar surface area (TPSA) is 58.6 Å². The van der Waals surface area contributed by atoms with E-state index in [4.69, 9.17) is 16.3 Å². The largest absolute Gasteiger partial charge is 0.495 e. The molecular formula is C20H27ClN2O3. The van der Waals surface area contributed by atoms with E-state index in [1.165, 1.54) is 37.3 Å². The maximum absolute atomic E-state index is 12.1. The number of benzene rings is 1. The van der Waals surface area contributed by atoms with Crippen molar-refractivity contribution < 1.29 is 14.3 Å². The highest BCUT2D eigenvalue weighted by Crippen LogP contribution is 2.31. The van der Waals surface area contributed by atoms with Gasteiger partial charge in [-0.15, -0.1) is 0 Å². The number of halogens is 1. The number of nitrogens with one attached hydrogen (secondary N) is 1. The number of nitrogens with zero attached hydrogens (tertiary/aromatic N) is 1. The summed E-state index contributed by atoms with van der Waals surface area (Å²) in [4.78, 5) is 25.7. The lowest BCUT2D eigenvalue weighted by molar-refractivity contribution is -0.121. The average molecular weight is 379 g/mol. The van der Waals surface area contributed by atoms with Gasteiger partial charge in [-0.3, -0.25) is 9.59 Å². The fraction of sp³-hybridized carbons (Fsp3) is 0.500. The molecule has 1 aliphatic carbocycles. The van der Waals surface area contributed by atoms with Crippen LogP contribution in [0.5, 0.6) is 5.75 Å². The zero-order valence-electron chi connectivity index (χ0n) is 15.5. The Labute approximate surface area is 160 Å². The number of hydrogen-bond acceptors (Lipinski definition) is 3. The minimum atomic E-state index is -0.161. The Kier molecular flexibility index (Phi) is 7.98. The zero-order valence-corrected chi connectivity index (χ0v) is 16.3. The Morgan fingerprint density at radius 2 is 2.12 bits per heavy atom. The van der Waals surface area contributed by atoms with Gasteiger partial charge >= 0.3 is 0 Å². The van der Waals surface area contributed by atoms with E-state index < -0.39 is 0 Å². The van der Waals surface area contributed by atoms with Gasteiger partial charge in [0.15, 0.2) is 0 Å². The number of methoxy groups -OCH3 is 1. The quantitative estimate of drug-likeness (QED) is 0.693. The van der Waals surface area contributed by atoms with Crippen LogP contribution in [0, 0.1) is 0 Å². The van der Waals surface area contributed by atoms with Gasteiger partial charge in [-0.1, -0.05) is 23.3 Å². The third kappa shape index (κ3) is 6.06. The molecule has 0 radical (unpaired) electrons. The first-order valence-electron chi connectivity index (χ1n) is 9.07. The predicted molar refractivity (Wildman–Crippen MR) is 105 cm³/mol. The van der Waals surface area contributed by atoms with Gasteiger partial charge < -0.3 is 15.0 Å². The van der Waals surface area contributed by atoms with Gasteiger partial charge in [-0.05, 0) is 50.3 Å². The van der Waals surface area contributed by atoms with E-state index >= 15 is 0 Å². The summed E-state index contributed by atoms with van der Waals surface area (Å²) < 4.78 is 5.31. The van der Waals surface area contributed by atoms with E-state index in [9.17, 15) is 9.59 Å². The van der Waals surface area contributed by atoms with E-state index in [0.29, 0.717) is 23.0 Å². The molecule has 1 aromatic rings. The second-order valence-corrected chi connectivity index (χ2v) is 6.88. The molecule has 26 heavy (non-hydrogen) atoms. The van der Waals surface area contributed by atoms with Crippen molar-refractivity contribution in [2.75, 3.05) is 25.1 Å². The number of carbonyl (C=O) groups excluding carboxylic acids is 2. The summed E-state index contributed by atoms with van der Waals surface area (Å²) in [6.45, 7) is 2.39. The molecule has 0 unspecified atom stereocenters. The molecule has 1 aliphatic rings. The lowest BCUT2D eigenvalue weighted by Crippen LogP contribution is -2.34. The molecule has 1 N–H and O–H groups in total. The molecule has 2 amide bonds. The molecule has 1 aromatic carbocycles. The lowest BCUT2D eigenvalue weighted by Gasteiger charge is -2.23. The standard InChI is InChI=1S/C20H27ClN2O3/c1-15(24)23(18-14-17(21)8-9-19(18)26-2)13-11-20(25)22-12-10-16-6-4-3-5-7-16/h6,8-9,14H,3-5,7,10-13H2,1-2H3,(H,22,25). The number of carbonyl (C=O) groups is 2. The summed E-state index contributed by atoms with van der Waals surface area (Å²) >= 11 is 6.05. The molecule has 0 atom stereocenters. The van der Waals surface area contributed by atoms with Gasteiger partial charge in [0.25, 0.3) is 0 Å². The highest BCUT2D eigenvalue weighted by Gasteiger charge is 2.18. The normalized spacial score (nSPS) is 13.7. The molecule has 0 saturated heterocycles. The smallest absolute Gasteiger partial charge is 0.223 e. The second-order valence-electron chi connectivity index (χ2n) is 6.44. The molecular weight excluding hydrogens is 352 g/mol. The van der Waals surface area contributed by atoms with Crippen LogP contribution in [-0.2, 0) is 9.59 Å². The van der Waals surface area contributed by atoms with Crippen LogP contribution in [0.1, 0.15) is 45.4 Å². The first-order valence-corrected chi connectivity index (χ1v) is 9.45. The number of anilines is 1. The molecule has 2 rings (SSSR count). The second kappa shape index (κ2) is 10.2. The summed E-state index contributed by atoms with van der Waals surface area (Å²) in [7, 11) is 1.54. The minimum Gasteiger partial charge on any atom is -0.495 e. The summed E-state index contributed by atoms with van der Waals surface area (Å²) in [6.07, 6.45) is 8.23. The van der Waals surface area contributed by atoms with Crippen LogP contribution < -0.4 is 15.0 Å². The monoisotopic (exact) mass is 378 g/mol. The third-order valence-corrected chi connectivity index (χ3v) is 4.76. The van der Waals surface area contributed by atoms with Gasteiger partial charge in [-0.2, -0.15) is 0 Å². The van der Waals surface area contributed by atoms with Crippen molar-refractivity contribution in [1.82, 2.24) is 5.32 Å². The van der Waals surface area contributed by atoms with E-state index in [1.807, 2.05) is 0 Å². The van der Waals surface area contributed by atoms with Crippen LogP contribution in [-0.4, -0.2) is 32.0 Å². The maximum atomic E-state index is 12.1. The van der Waals surface area contributed by atoms with Crippen LogP contribution in [0.25, 0.3) is 0 Å². The van der Waals surface area contributed by atoms with Crippen molar-refractivity contribution in [2.24, 2.45) is 0 Å². The fourth-order valence-corrected chi connectivity index (χ4v) is 3.28. The van der Waals surface area contributed by atoms with Gasteiger partial charge in [-0.25, -0.2) is 0 Å². The van der Waals surface area contributed by atoms with Crippen molar-refractivity contribution >= 4 is 29.1 Å². The van der Waals surface area contributed by atoms with E-state index in [0.717, 1.165) is 19.3 Å². The Bertz CT molecular complexity index is 673.